The van der Waals surface area contributed by atoms with Gasteiger partial charge in [-0.25, -0.2) is 0 Å². The molecule has 2 aliphatic rings. The van der Waals surface area contributed by atoms with E-state index < -0.39 is 0 Å². The normalized spacial score (nSPS) is 37.2. The first-order chi connectivity index (χ1) is 9.65. The highest BCUT2D eigenvalue weighted by Crippen LogP contribution is 2.33. The van der Waals surface area contributed by atoms with Crippen LogP contribution in [0, 0.1) is 11.8 Å². The van der Waals surface area contributed by atoms with Crippen molar-refractivity contribution in [1.82, 2.24) is 10.2 Å². The second-order valence-corrected chi connectivity index (χ2v) is 6.90. The zero-order valence-corrected chi connectivity index (χ0v) is 13.9. The maximum atomic E-state index is 5.79. The van der Waals surface area contributed by atoms with Crippen LogP contribution in [0.5, 0.6) is 0 Å². The lowest BCUT2D eigenvalue weighted by Crippen LogP contribution is -2.58. The number of hydrogen-bond donors (Lipinski definition) is 1. The molecule has 1 N–H and O–H groups in total. The van der Waals surface area contributed by atoms with Gasteiger partial charge in [0.15, 0.2) is 0 Å². The van der Waals surface area contributed by atoms with E-state index >= 15 is 0 Å². The van der Waals surface area contributed by atoms with E-state index in [2.05, 4.69) is 37.9 Å². The molecule has 1 aliphatic carbocycles. The molecule has 1 heterocycles. The van der Waals surface area contributed by atoms with Crippen molar-refractivity contribution in [2.24, 2.45) is 11.8 Å². The lowest BCUT2D eigenvalue weighted by atomic mass is 9.75. The van der Waals surface area contributed by atoms with Crippen LogP contribution in [0.1, 0.15) is 53.4 Å². The average Bonchev–Trinajstić information content (AvgIpc) is 2.40. The monoisotopic (exact) mass is 282 g/mol. The van der Waals surface area contributed by atoms with Gasteiger partial charge >= 0.3 is 0 Å². The van der Waals surface area contributed by atoms with Gasteiger partial charge in [-0.05, 0) is 51.0 Å². The van der Waals surface area contributed by atoms with Gasteiger partial charge in [0.2, 0.25) is 0 Å². The summed E-state index contributed by atoms with van der Waals surface area (Å²) in [6.07, 6.45) is 5.66. The van der Waals surface area contributed by atoms with Crippen molar-refractivity contribution < 1.29 is 4.74 Å². The van der Waals surface area contributed by atoms with Gasteiger partial charge < -0.3 is 10.1 Å². The summed E-state index contributed by atoms with van der Waals surface area (Å²) in [6, 6.07) is 1.41. The summed E-state index contributed by atoms with van der Waals surface area (Å²) in [4.78, 5) is 2.75. The largest absolute Gasteiger partial charge is 0.378 e. The van der Waals surface area contributed by atoms with Crippen molar-refractivity contribution in [3.05, 3.63) is 0 Å². The maximum Gasteiger partial charge on any atom is 0.0599 e. The Morgan fingerprint density at radius 3 is 2.40 bits per heavy atom. The van der Waals surface area contributed by atoms with Crippen LogP contribution in [0.15, 0.2) is 0 Å². The quantitative estimate of drug-likeness (QED) is 0.839. The van der Waals surface area contributed by atoms with Crippen molar-refractivity contribution in [3.63, 3.8) is 0 Å². The molecule has 3 heteroatoms. The number of likely N-dealkylation sites (tertiary alicyclic amines) is 1. The fraction of sp³-hybridized carbons (Fsp3) is 1.00. The van der Waals surface area contributed by atoms with Crippen LogP contribution in [-0.2, 0) is 4.74 Å². The van der Waals surface area contributed by atoms with Gasteiger partial charge in [0, 0.05) is 31.8 Å². The number of ether oxygens (including phenoxy) is 1. The number of rotatable bonds is 5. The third-order valence-electron chi connectivity index (χ3n) is 5.19. The SMILES string of the molecule is CCNC1CC(C)CC(C)C1N1CCC(OCC)CC1. The molecule has 4 atom stereocenters. The molecular formula is C17H34N2O. The molecule has 0 aromatic carbocycles. The van der Waals surface area contributed by atoms with E-state index in [0.717, 1.165) is 31.0 Å². The molecule has 0 amide bonds. The van der Waals surface area contributed by atoms with Crippen molar-refractivity contribution in [2.45, 2.75) is 71.6 Å². The zero-order chi connectivity index (χ0) is 14.5. The van der Waals surface area contributed by atoms with E-state index in [9.17, 15) is 0 Å². The Kier molecular flexibility index (Phi) is 6.31. The van der Waals surface area contributed by atoms with Gasteiger partial charge in [0.05, 0.1) is 6.10 Å². The predicted octanol–water partition coefficient (Wildman–Crippen LogP) is 2.90. The van der Waals surface area contributed by atoms with Crippen LogP contribution in [0.2, 0.25) is 0 Å². The minimum atomic E-state index is 0.506. The lowest BCUT2D eigenvalue weighted by Gasteiger charge is -2.48. The summed E-state index contributed by atoms with van der Waals surface area (Å²) in [7, 11) is 0. The van der Waals surface area contributed by atoms with Crippen LogP contribution >= 0.6 is 0 Å². The van der Waals surface area contributed by atoms with Crippen molar-refractivity contribution in [3.8, 4) is 0 Å². The first-order valence-corrected chi connectivity index (χ1v) is 8.74. The lowest BCUT2D eigenvalue weighted by molar-refractivity contribution is -0.0195. The van der Waals surface area contributed by atoms with Crippen molar-refractivity contribution in [1.29, 1.82) is 0 Å². The Bertz CT molecular complexity index is 276. The van der Waals surface area contributed by atoms with Gasteiger partial charge in [-0.3, -0.25) is 4.90 Å². The zero-order valence-electron chi connectivity index (χ0n) is 13.9. The third-order valence-corrected chi connectivity index (χ3v) is 5.19. The van der Waals surface area contributed by atoms with E-state index in [1.54, 1.807) is 0 Å². The van der Waals surface area contributed by atoms with Gasteiger partial charge in [0.25, 0.3) is 0 Å². The number of hydrogen-bond acceptors (Lipinski definition) is 3. The molecule has 1 saturated carbocycles. The molecule has 0 spiro atoms. The van der Waals surface area contributed by atoms with Crippen LogP contribution < -0.4 is 5.32 Å². The van der Waals surface area contributed by atoms with E-state index in [1.807, 2.05) is 0 Å². The Labute approximate surface area is 125 Å². The predicted molar refractivity (Wildman–Crippen MR) is 85.0 cm³/mol. The minimum absolute atomic E-state index is 0.506. The van der Waals surface area contributed by atoms with Crippen LogP contribution in [0.25, 0.3) is 0 Å². The van der Waals surface area contributed by atoms with E-state index in [4.69, 9.17) is 4.74 Å². The molecule has 4 unspecified atom stereocenters. The summed E-state index contributed by atoms with van der Waals surface area (Å²) < 4.78 is 5.79. The highest BCUT2D eigenvalue weighted by molar-refractivity contribution is 4.95. The smallest absolute Gasteiger partial charge is 0.0599 e. The summed E-state index contributed by atoms with van der Waals surface area (Å²) in [6.45, 7) is 13.6. The van der Waals surface area contributed by atoms with Crippen molar-refractivity contribution in [2.75, 3.05) is 26.2 Å². The third kappa shape index (κ3) is 3.96. The second-order valence-electron chi connectivity index (χ2n) is 6.90. The molecule has 0 aromatic heterocycles. The fourth-order valence-electron chi connectivity index (χ4n) is 4.50. The number of likely N-dealkylation sites (N-methyl/N-ethyl adjacent to an activating group) is 1. The van der Waals surface area contributed by atoms with Crippen LogP contribution in [-0.4, -0.2) is 49.3 Å². The minimum Gasteiger partial charge on any atom is -0.378 e. The first kappa shape index (κ1) is 16.3. The molecule has 3 nitrogen and oxygen atoms in total. The van der Waals surface area contributed by atoms with Crippen LogP contribution in [0.3, 0.4) is 0 Å². The van der Waals surface area contributed by atoms with E-state index in [0.29, 0.717) is 12.1 Å². The molecule has 20 heavy (non-hydrogen) atoms. The molecular weight excluding hydrogens is 248 g/mol. The Morgan fingerprint density at radius 2 is 1.80 bits per heavy atom. The maximum absolute atomic E-state index is 5.79. The summed E-state index contributed by atoms with van der Waals surface area (Å²) >= 11 is 0. The average molecular weight is 282 g/mol. The summed E-state index contributed by atoms with van der Waals surface area (Å²) in [5, 5.41) is 3.76. The standard InChI is InChI=1S/C17H34N2O/c1-5-18-16-12-13(3)11-14(4)17(16)19-9-7-15(8-10-19)20-6-2/h13-18H,5-12H2,1-4H3. The van der Waals surface area contributed by atoms with E-state index in [-0.39, 0.29) is 0 Å². The molecule has 2 fully saturated rings. The Hall–Kier alpha value is -0.120. The second kappa shape index (κ2) is 7.77. The highest BCUT2D eigenvalue weighted by atomic mass is 16.5. The topological polar surface area (TPSA) is 24.5 Å². The van der Waals surface area contributed by atoms with Gasteiger partial charge in [0.1, 0.15) is 0 Å². The molecule has 1 aliphatic heterocycles. The molecule has 2 rings (SSSR count). The molecule has 118 valence electrons. The number of nitrogens with one attached hydrogen (secondary N) is 1. The number of nitrogens with zero attached hydrogens (tertiary/aromatic N) is 1. The Morgan fingerprint density at radius 1 is 1.10 bits per heavy atom. The van der Waals surface area contributed by atoms with Gasteiger partial charge in [-0.1, -0.05) is 20.8 Å². The highest BCUT2D eigenvalue weighted by Gasteiger charge is 2.38. The first-order valence-electron chi connectivity index (χ1n) is 8.74. The summed E-state index contributed by atoms with van der Waals surface area (Å²) in [5.41, 5.74) is 0. The number of piperidine rings is 1. The van der Waals surface area contributed by atoms with Gasteiger partial charge in [-0.2, -0.15) is 0 Å². The molecule has 0 radical (unpaired) electrons. The van der Waals surface area contributed by atoms with E-state index in [1.165, 1.54) is 38.8 Å². The molecule has 1 saturated heterocycles. The Balaban J connectivity index is 1.94. The van der Waals surface area contributed by atoms with Crippen LogP contribution in [0.4, 0.5) is 0 Å². The molecule has 0 bridgehead atoms. The summed E-state index contributed by atoms with van der Waals surface area (Å²) in [5.74, 6) is 1.68. The van der Waals surface area contributed by atoms with Crippen molar-refractivity contribution >= 4 is 0 Å². The fourth-order valence-corrected chi connectivity index (χ4v) is 4.50. The van der Waals surface area contributed by atoms with Gasteiger partial charge in [-0.15, -0.1) is 0 Å². The molecule has 0 aromatic rings.